The zero-order valence-corrected chi connectivity index (χ0v) is 35.4. The Morgan fingerprint density at radius 1 is 0.649 bits per heavy atom. The van der Waals surface area contributed by atoms with Gasteiger partial charge in [-0.15, -0.1) is 0 Å². The summed E-state index contributed by atoms with van der Waals surface area (Å²) in [7, 11) is 1.40. The lowest BCUT2D eigenvalue weighted by molar-refractivity contribution is -0.134. The van der Waals surface area contributed by atoms with Gasteiger partial charge >= 0.3 is 0 Å². The fourth-order valence-electron chi connectivity index (χ4n) is 6.11. The number of nitrogens with two attached hydrogens (primary N) is 1. The van der Waals surface area contributed by atoms with E-state index in [1.165, 1.54) is 95.7 Å². The van der Waals surface area contributed by atoms with E-state index in [0.29, 0.717) is 24.2 Å². The van der Waals surface area contributed by atoms with E-state index in [1.807, 2.05) is 6.26 Å². The molecule has 9 N–H and O–H groups in total. The van der Waals surface area contributed by atoms with E-state index in [1.54, 1.807) is 12.1 Å². The van der Waals surface area contributed by atoms with Gasteiger partial charge in [-0.2, -0.15) is 11.8 Å². The Bertz CT molecular complexity index is 1380. The van der Waals surface area contributed by atoms with Gasteiger partial charge in [0.2, 0.25) is 41.4 Å². The minimum Gasteiger partial charge on any atom is -0.508 e. The van der Waals surface area contributed by atoms with Crippen molar-refractivity contribution >= 4 is 53.1 Å². The van der Waals surface area contributed by atoms with Crippen LogP contribution in [-0.2, 0) is 40.0 Å². The summed E-state index contributed by atoms with van der Waals surface area (Å²) < 4.78 is 0. The molecule has 1 rings (SSSR count). The summed E-state index contributed by atoms with van der Waals surface area (Å²) in [5, 5.41) is 25.2. The number of primary amides is 1. The van der Waals surface area contributed by atoms with Crippen molar-refractivity contribution in [1.29, 1.82) is 0 Å². The molecule has 0 heterocycles. The zero-order chi connectivity index (χ0) is 42.4. The molecule has 322 valence electrons. The molecule has 1 aromatic rings. The first-order valence-electron chi connectivity index (χ1n) is 20.5. The smallest absolute Gasteiger partial charge is 0.243 e. The Morgan fingerprint density at radius 3 is 1.72 bits per heavy atom. The van der Waals surface area contributed by atoms with E-state index in [0.717, 1.165) is 25.7 Å². The summed E-state index contributed by atoms with van der Waals surface area (Å²) in [6.07, 6.45) is 17.6. The Morgan fingerprint density at radius 2 is 1.18 bits per heavy atom. The Hall–Kier alpha value is -4.34. The SMILES string of the molecule is CCCCCCCCCCCCCCCC(=O)N[C@@H](CCSC)C(=O)NCC(=O)N[C@@H](Cc1ccc(O)cc1)C(=O)N[C@@H](CCC(N)=O)C(=O)N[C@@H](C)C(=O)NC. The number of nitrogens with one attached hydrogen (secondary N) is 6. The lowest BCUT2D eigenvalue weighted by Crippen LogP contribution is -2.57. The van der Waals surface area contributed by atoms with Gasteiger partial charge in [-0.3, -0.25) is 33.6 Å². The minimum atomic E-state index is -1.28. The molecule has 0 radical (unpaired) electrons. The van der Waals surface area contributed by atoms with Gasteiger partial charge in [0, 0.05) is 26.3 Å². The Balaban J connectivity index is 2.78. The summed E-state index contributed by atoms with van der Waals surface area (Å²) in [5.74, 6) is -3.59. The molecule has 0 bridgehead atoms. The van der Waals surface area contributed by atoms with Crippen LogP contribution >= 0.6 is 11.8 Å². The van der Waals surface area contributed by atoms with Gasteiger partial charge in [0.25, 0.3) is 0 Å². The maximum atomic E-state index is 13.6. The number of hydrogen-bond acceptors (Lipinski definition) is 9. The van der Waals surface area contributed by atoms with Crippen LogP contribution < -0.4 is 37.6 Å². The zero-order valence-electron chi connectivity index (χ0n) is 34.6. The highest BCUT2D eigenvalue weighted by atomic mass is 32.2. The maximum absolute atomic E-state index is 13.6. The van der Waals surface area contributed by atoms with Crippen LogP contribution in [-0.4, -0.2) is 96.2 Å². The molecule has 4 atom stereocenters. The summed E-state index contributed by atoms with van der Waals surface area (Å²) in [5.41, 5.74) is 5.86. The lowest BCUT2D eigenvalue weighted by Gasteiger charge is -2.24. The predicted molar refractivity (Wildman–Crippen MR) is 224 cm³/mol. The largest absolute Gasteiger partial charge is 0.508 e. The van der Waals surface area contributed by atoms with Gasteiger partial charge in [0.1, 0.15) is 29.9 Å². The molecule has 16 heteroatoms. The topological polar surface area (TPSA) is 238 Å². The quantitative estimate of drug-likeness (QED) is 0.0498. The highest BCUT2D eigenvalue weighted by molar-refractivity contribution is 7.98. The number of amides is 7. The molecular weight excluding hydrogens is 751 g/mol. The second-order valence-corrected chi connectivity index (χ2v) is 15.5. The van der Waals surface area contributed by atoms with Gasteiger partial charge in [-0.25, -0.2) is 0 Å². The van der Waals surface area contributed by atoms with Crippen LogP contribution in [0, 0.1) is 0 Å². The van der Waals surface area contributed by atoms with Crippen LogP contribution in [0.5, 0.6) is 5.75 Å². The van der Waals surface area contributed by atoms with Gasteiger partial charge in [-0.1, -0.05) is 96.1 Å². The fourth-order valence-corrected chi connectivity index (χ4v) is 6.58. The predicted octanol–water partition coefficient (Wildman–Crippen LogP) is 3.26. The van der Waals surface area contributed by atoms with Gasteiger partial charge < -0.3 is 42.7 Å². The average Bonchev–Trinajstić information content (AvgIpc) is 3.18. The molecule has 0 unspecified atom stereocenters. The van der Waals surface area contributed by atoms with Crippen molar-refractivity contribution in [2.24, 2.45) is 5.73 Å². The van der Waals surface area contributed by atoms with E-state index in [2.05, 4.69) is 38.8 Å². The third-order valence-electron chi connectivity index (χ3n) is 9.53. The standard InChI is InChI=1S/C41H69N7O8S/c1-5-6-7-8-9-10-11-12-13-14-15-16-17-18-36(51)46-33(25-26-57-4)39(54)44-28-37(52)47-34(27-30-19-21-31(49)22-20-30)41(56)48-32(23-24-35(42)50)40(55)45-29(2)38(53)43-3/h19-22,29,32-34,49H,5-18,23-28H2,1-4H3,(H2,42,50)(H,43,53)(H,44,54)(H,45,55)(H,46,51)(H,47,52)(H,48,56)/t29-,32-,33-,34-/m0/s1. The molecule has 0 aliphatic heterocycles. The molecule has 15 nitrogen and oxygen atoms in total. The van der Waals surface area contributed by atoms with Crippen LogP contribution in [0.4, 0.5) is 0 Å². The number of carbonyl (C=O) groups is 7. The van der Waals surface area contributed by atoms with E-state index in [9.17, 15) is 38.7 Å². The third-order valence-corrected chi connectivity index (χ3v) is 10.2. The van der Waals surface area contributed by atoms with E-state index >= 15 is 0 Å². The first-order chi connectivity index (χ1) is 27.3. The summed E-state index contributed by atoms with van der Waals surface area (Å²) in [6, 6.07) is 1.61. The van der Waals surface area contributed by atoms with Crippen molar-refractivity contribution in [3.63, 3.8) is 0 Å². The van der Waals surface area contributed by atoms with E-state index in [4.69, 9.17) is 5.73 Å². The molecule has 57 heavy (non-hydrogen) atoms. The maximum Gasteiger partial charge on any atom is 0.243 e. The number of phenolic OH excluding ortho intramolecular Hbond substituents is 1. The van der Waals surface area contributed by atoms with Crippen molar-refractivity contribution in [3.8, 4) is 5.75 Å². The number of carbonyl (C=O) groups excluding carboxylic acids is 7. The van der Waals surface area contributed by atoms with E-state index < -0.39 is 66.2 Å². The molecule has 1 aromatic carbocycles. The van der Waals surface area contributed by atoms with Crippen LogP contribution in [0.2, 0.25) is 0 Å². The number of rotatable bonds is 32. The first-order valence-corrected chi connectivity index (χ1v) is 21.9. The first kappa shape index (κ1) is 50.7. The van der Waals surface area contributed by atoms with Crippen LogP contribution in [0.1, 0.15) is 129 Å². The third kappa shape index (κ3) is 24.1. The van der Waals surface area contributed by atoms with Crippen molar-refractivity contribution in [1.82, 2.24) is 31.9 Å². The average molecular weight is 820 g/mol. The van der Waals surface area contributed by atoms with E-state index in [-0.39, 0.29) is 30.9 Å². The summed E-state index contributed by atoms with van der Waals surface area (Å²) in [6.45, 7) is 3.18. The number of aromatic hydroxyl groups is 1. The number of benzene rings is 1. The Labute approximate surface area is 343 Å². The molecule has 0 aliphatic carbocycles. The number of likely N-dealkylation sites (N-methyl/N-ethyl adjacent to an activating group) is 1. The van der Waals surface area contributed by atoms with Gasteiger partial charge in [0.05, 0.1) is 6.54 Å². The molecule has 0 aliphatic rings. The molecular formula is C41H69N7O8S. The number of phenols is 1. The van der Waals surface area contributed by atoms with Crippen LogP contribution in [0.15, 0.2) is 24.3 Å². The van der Waals surface area contributed by atoms with Crippen molar-refractivity contribution in [2.45, 2.75) is 154 Å². The molecule has 0 saturated carbocycles. The normalized spacial score (nSPS) is 13.0. The summed E-state index contributed by atoms with van der Waals surface area (Å²) in [4.78, 5) is 89.4. The summed E-state index contributed by atoms with van der Waals surface area (Å²) >= 11 is 1.52. The second kappa shape index (κ2) is 30.8. The number of hydrogen-bond donors (Lipinski definition) is 8. The minimum absolute atomic E-state index is 0.00705. The highest BCUT2D eigenvalue weighted by Crippen LogP contribution is 2.14. The number of thioether (sulfide) groups is 1. The monoisotopic (exact) mass is 819 g/mol. The van der Waals surface area contributed by atoms with Gasteiger partial charge in [0.15, 0.2) is 0 Å². The second-order valence-electron chi connectivity index (χ2n) is 14.5. The molecule has 0 fully saturated rings. The fraction of sp³-hybridized carbons (Fsp3) is 0.683. The van der Waals surface area contributed by atoms with Crippen LogP contribution in [0.25, 0.3) is 0 Å². The molecule has 0 saturated heterocycles. The van der Waals surface area contributed by atoms with Crippen LogP contribution in [0.3, 0.4) is 0 Å². The number of unbranched alkanes of at least 4 members (excludes halogenated alkanes) is 12. The Kier molecular flexibility index (Phi) is 27.3. The molecule has 7 amide bonds. The lowest BCUT2D eigenvalue weighted by atomic mass is 10.0. The molecule has 0 spiro atoms. The highest BCUT2D eigenvalue weighted by Gasteiger charge is 2.29. The molecule has 0 aromatic heterocycles. The van der Waals surface area contributed by atoms with Crippen molar-refractivity contribution < 1.29 is 38.7 Å². The van der Waals surface area contributed by atoms with Crippen molar-refractivity contribution in [2.75, 3.05) is 25.6 Å². The van der Waals surface area contributed by atoms with Gasteiger partial charge in [-0.05, 0) is 55.9 Å². The van der Waals surface area contributed by atoms with Crippen molar-refractivity contribution in [3.05, 3.63) is 29.8 Å².